The van der Waals surface area contributed by atoms with Crippen LogP contribution >= 0.6 is 0 Å². The van der Waals surface area contributed by atoms with Crippen molar-refractivity contribution in [2.45, 2.75) is 70.4 Å². The molecule has 0 spiro atoms. The predicted octanol–water partition coefficient (Wildman–Crippen LogP) is 2.56. The van der Waals surface area contributed by atoms with Crippen LogP contribution in [0.5, 0.6) is 0 Å². The number of nitrogens with one attached hydrogen (secondary N) is 1. The highest BCUT2D eigenvalue weighted by Crippen LogP contribution is 2.36. The van der Waals surface area contributed by atoms with Crippen molar-refractivity contribution in [3.05, 3.63) is 0 Å². The van der Waals surface area contributed by atoms with Gasteiger partial charge in [-0.1, -0.05) is 12.8 Å². The molecule has 0 aromatic heterocycles. The van der Waals surface area contributed by atoms with Crippen LogP contribution in [0.15, 0.2) is 0 Å². The Hall–Kier alpha value is -0.570. The number of likely N-dealkylation sites (tertiary alicyclic amines) is 1. The Bertz CT molecular complexity index is 325. The molecule has 2 saturated heterocycles. The van der Waals surface area contributed by atoms with Crippen LogP contribution in [0.4, 0.5) is 0 Å². The van der Waals surface area contributed by atoms with Crippen molar-refractivity contribution in [1.82, 2.24) is 10.2 Å². The number of carbonyl (C=O) groups is 1. The Labute approximate surface area is 117 Å². The molecule has 0 radical (unpaired) electrons. The third kappa shape index (κ3) is 2.81. The molecule has 3 heteroatoms. The topological polar surface area (TPSA) is 32.3 Å². The minimum Gasteiger partial charge on any atom is -0.339 e. The van der Waals surface area contributed by atoms with E-state index >= 15 is 0 Å². The van der Waals surface area contributed by atoms with Gasteiger partial charge < -0.3 is 10.2 Å². The first-order chi connectivity index (χ1) is 9.25. The lowest BCUT2D eigenvalue weighted by atomic mass is 9.90. The van der Waals surface area contributed by atoms with E-state index in [4.69, 9.17) is 0 Å². The summed E-state index contributed by atoms with van der Waals surface area (Å²) in [6, 6.07) is 1.09. The highest BCUT2D eigenvalue weighted by atomic mass is 16.2. The third-order valence-corrected chi connectivity index (χ3v) is 5.50. The van der Waals surface area contributed by atoms with Crippen LogP contribution in [-0.4, -0.2) is 36.0 Å². The van der Waals surface area contributed by atoms with E-state index in [1.807, 2.05) is 0 Å². The van der Waals surface area contributed by atoms with Crippen molar-refractivity contribution in [2.75, 3.05) is 13.1 Å². The van der Waals surface area contributed by atoms with Gasteiger partial charge in [0.1, 0.15) is 0 Å². The average Bonchev–Trinajstić information content (AvgIpc) is 3.08. The molecular weight excluding hydrogens is 236 g/mol. The molecule has 0 aromatic rings. The molecule has 108 valence electrons. The Kier molecular flexibility index (Phi) is 4.11. The Morgan fingerprint density at radius 2 is 1.89 bits per heavy atom. The Balaban J connectivity index is 1.64. The summed E-state index contributed by atoms with van der Waals surface area (Å²) >= 11 is 0. The largest absolute Gasteiger partial charge is 0.339 e. The molecule has 3 rings (SSSR count). The number of hydrogen-bond acceptors (Lipinski definition) is 2. The molecule has 19 heavy (non-hydrogen) atoms. The molecule has 1 unspecified atom stereocenters. The van der Waals surface area contributed by atoms with Crippen molar-refractivity contribution in [3.63, 3.8) is 0 Å². The van der Waals surface area contributed by atoms with Crippen molar-refractivity contribution in [1.29, 1.82) is 0 Å². The van der Waals surface area contributed by atoms with Gasteiger partial charge in [0.05, 0.1) is 0 Å². The van der Waals surface area contributed by atoms with Crippen LogP contribution in [0.25, 0.3) is 0 Å². The molecule has 3 atom stereocenters. The Morgan fingerprint density at radius 1 is 1.11 bits per heavy atom. The van der Waals surface area contributed by atoms with Gasteiger partial charge in [-0.2, -0.15) is 0 Å². The van der Waals surface area contributed by atoms with E-state index in [1.54, 1.807) is 0 Å². The SMILES string of the molecule is C[C@H]1C[C@@H](C(=O)N2CCCC2C2CCCC2)CCN1. The first-order valence-corrected chi connectivity index (χ1v) is 8.29. The second-order valence-electron chi connectivity index (χ2n) is 6.86. The van der Waals surface area contributed by atoms with Gasteiger partial charge in [-0.05, 0) is 57.9 Å². The van der Waals surface area contributed by atoms with Gasteiger partial charge >= 0.3 is 0 Å². The smallest absolute Gasteiger partial charge is 0.226 e. The number of carbonyl (C=O) groups excluding carboxylic acids is 1. The van der Waals surface area contributed by atoms with Crippen molar-refractivity contribution >= 4 is 5.91 Å². The molecule has 1 amide bonds. The van der Waals surface area contributed by atoms with Gasteiger partial charge in [0.2, 0.25) is 5.91 Å². The number of rotatable bonds is 2. The third-order valence-electron chi connectivity index (χ3n) is 5.50. The van der Waals surface area contributed by atoms with E-state index in [9.17, 15) is 4.79 Å². The van der Waals surface area contributed by atoms with Gasteiger partial charge in [-0.15, -0.1) is 0 Å². The number of nitrogens with zero attached hydrogens (tertiary/aromatic N) is 1. The van der Waals surface area contributed by atoms with E-state index in [-0.39, 0.29) is 0 Å². The van der Waals surface area contributed by atoms with Crippen LogP contribution < -0.4 is 5.32 Å². The lowest BCUT2D eigenvalue weighted by Crippen LogP contribution is -2.47. The fourth-order valence-electron chi connectivity index (χ4n) is 4.49. The molecule has 1 aliphatic carbocycles. The van der Waals surface area contributed by atoms with Crippen molar-refractivity contribution < 1.29 is 4.79 Å². The van der Waals surface area contributed by atoms with Gasteiger partial charge in [0.25, 0.3) is 0 Å². The average molecular weight is 264 g/mol. The first kappa shape index (κ1) is 13.4. The second kappa shape index (κ2) is 5.82. The minimum absolute atomic E-state index is 0.290. The fraction of sp³-hybridized carbons (Fsp3) is 0.938. The first-order valence-electron chi connectivity index (χ1n) is 8.29. The van der Waals surface area contributed by atoms with Crippen LogP contribution in [0.3, 0.4) is 0 Å². The number of amides is 1. The number of hydrogen-bond donors (Lipinski definition) is 1. The molecule has 0 aromatic carbocycles. The zero-order valence-corrected chi connectivity index (χ0v) is 12.2. The summed E-state index contributed by atoms with van der Waals surface area (Å²) in [5, 5.41) is 3.45. The Morgan fingerprint density at radius 3 is 2.63 bits per heavy atom. The van der Waals surface area contributed by atoms with Gasteiger partial charge in [-0.3, -0.25) is 4.79 Å². The van der Waals surface area contributed by atoms with Crippen molar-refractivity contribution in [3.8, 4) is 0 Å². The molecule has 1 N–H and O–H groups in total. The fourth-order valence-corrected chi connectivity index (χ4v) is 4.49. The van der Waals surface area contributed by atoms with Crippen molar-refractivity contribution in [2.24, 2.45) is 11.8 Å². The van der Waals surface area contributed by atoms with E-state index in [0.717, 1.165) is 31.8 Å². The van der Waals surface area contributed by atoms with E-state index in [1.165, 1.54) is 38.5 Å². The maximum atomic E-state index is 12.8. The van der Waals surface area contributed by atoms with E-state index in [0.29, 0.717) is 23.9 Å². The molecule has 2 aliphatic heterocycles. The van der Waals surface area contributed by atoms with Crippen LogP contribution in [0.2, 0.25) is 0 Å². The molecule has 2 heterocycles. The lowest BCUT2D eigenvalue weighted by Gasteiger charge is -2.35. The molecule has 3 fully saturated rings. The quantitative estimate of drug-likeness (QED) is 0.831. The highest BCUT2D eigenvalue weighted by Gasteiger charge is 2.38. The summed E-state index contributed by atoms with van der Waals surface area (Å²) in [6.45, 7) is 4.25. The molecule has 0 bridgehead atoms. The zero-order chi connectivity index (χ0) is 13.2. The monoisotopic (exact) mass is 264 g/mol. The summed E-state index contributed by atoms with van der Waals surface area (Å²) in [6.07, 6.45) is 10.0. The highest BCUT2D eigenvalue weighted by molar-refractivity contribution is 5.79. The van der Waals surface area contributed by atoms with Gasteiger partial charge in [-0.25, -0.2) is 0 Å². The van der Waals surface area contributed by atoms with Gasteiger partial charge in [0.15, 0.2) is 0 Å². The summed E-state index contributed by atoms with van der Waals surface area (Å²) in [5.74, 6) is 1.58. The maximum absolute atomic E-state index is 12.8. The van der Waals surface area contributed by atoms with Gasteiger partial charge in [0, 0.05) is 24.5 Å². The summed E-state index contributed by atoms with van der Waals surface area (Å²) in [7, 11) is 0. The second-order valence-corrected chi connectivity index (χ2v) is 6.86. The summed E-state index contributed by atoms with van der Waals surface area (Å²) in [4.78, 5) is 15.1. The van der Waals surface area contributed by atoms with Crippen LogP contribution in [-0.2, 0) is 4.79 Å². The minimum atomic E-state index is 0.290. The van der Waals surface area contributed by atoms with E-state index < -0.39 is 0 Å². The molecule has 3 nitrogen and oxygen atoms in total. The number of piperidine rings is 1. The molecular formula is C16H28N2O. The maximum Gasteiger partial charge on any atom is 0.226 e. The normalized spacial score (nSPS) is 36.9. The van der Waals surface area contributed by atoms with Crippen LogP contribution in [0, 0.1) is 11.8 Å². The standard InChI is InChI=1S/C16H28N2O/c1-12-11-14(8-9-17-12)16(19)18-10-4-7-15(18)13-5-2-3-6-13/h12-15,17H,2-11H2,1H3/t12-,14-,15?/m0/s1. The zero-order valence-electron chi connectivity index (χ0n) is 12.2. The predicted molar refractivity (Wildman–Crippen MR) is 76.9 cm³/mol. The molecule has 3 aliphatic rings. The van der Waals surface area contributed by atoms with E-state index in [2.05, 4.69) is 17.1 Å². The lowest BCUT2D eigenvalue weighted by molar-refractivity contribution is -0.138. The van der Waals surface area contributed by atoms with Crippen LogP contribution in [0.1, 0.15) is 58.3 Å². The summed E-state index contributed by atoms with van der Waals surface area (Å²) in [5.41, 5.74) is 0. The molecule has 1 saturated carbocycles. The summed E-state index contributed by atoms with van der Waals surface area (Å²) < 4.78 is 0.